The average molecular weight is 668 g/mol. The summed E-state index contributed by atoms with van der Waals surface area (Å²) in [6.07, 6.45) is 0. The molecule has 0 aliphatic heterocycles. The van der Waals surface area contributed by atoms with Gasteiger partial charge in [-0.1, -0.05) is 152 Å². The van der Waals surface area contributed by atoms with Gasteiger partial charge in [-0.25, -0.2) is 0 Å². The van der Waals surface area contributed by atoms with Crippen molar-refractivity contribution in [3.8, 4) is 22.3 Å². The van der Waals surface area contributed by atoms with E-state index in [1.54, 1.807) is 0 Å². The van der Waals surface area contributed by atoms with Gasteiger partial charge in [-0.15, -0.1) is 11.3 Å². The lowest BCUT2D eigenvalue weighted by Crippen LogP contribution is -2.17. The summed E-state index contributed by atoms with van der Waals surface area (Å²) in [6.45, 7) is 0.736. The summed E-state index contributed by atoms with van der Waals surface area (Å²) >= 11 is 1.89. The van der Waals surface area contributed by atoms with Gasteiger partial charge in [-0.3, -0.25) is 0 Å². The molecule has 240 valence electrons. The molecule has 1 aromatic heterocycles. The lowest BCUT2D eigenvalue weighted by Gasteiger charge is -2.27. The summed E-state index contributed by atoms with van der Waals surface area (Å²) in [6, 6.07) is 68.9. The van der Waals surface area contributed by atoms with Gasteiger partial charge in [0, 0.05) is 38.1 Å². The van der Waals surface area contributed by atoms with Crippen LogP contribution in [0.1, 0.15) is 5.56 Å². The lowest BCUT2D eigenvalue weighted by molar-refractivity contribution is 0.979. The highest BCUT2D eigenvalue weighted by Gasteiger charge is 2.17. The summed E-state index contributed by atoms with van der Waals surface area (Å²) in [5.41, 5.74) is 8.60. The quantitative estimate of drug-likeness (QED) is 0.160. The first kappa shape index (κ1) is 29.7. The Hall–Kier alpha value is -6.22. The van der Waals surface area contributed by atoms with E-state index in [0.29, 0.717) is 0 Å². The Bertz CT molecular complexity index is 2880. The number of anilines is 2. The lowest BCUT2D eigenvalue weighted by atomic mass is 9.93. The van der Waals surface area contributed by atoms with E-state index in [1.807, 2.05) is 11.3 Å². The molecule has 0 fully saturated rings. The molecule has 2 heteroatoms. The van der Waals surface area contributed by atoms with Crippen molar-refractivity contribution >= 4 is 75.2 Å². The van der Waals surface area contributed by atoms with Gasteiger partial charge in [0.25, 0.3) is 0 Å². The summed E-state index contributed by atoms with van der Waals surface area (Å²) < 4.78 is 2.67. The molecule has 0 saturated carbocycles. The van der Waals surface area contributed by atoms with Crippen LogP contribution in [0.3, 0.4) is 0 Å². The molecule has 0 spiro atoms. The largest absolute Gasteiger partial charge is 0.337 e. The molecule has 0 aliphatic rings. The summed E-state index contributed by atoms with van der Waals surface area (Å²) in [5, 5.41) is 10.4. The van der Waals surface area contributed by atoms with Crippen LogP contribution in [-0.2, 0) is 6.54 Å². The Morgan fingerprint density at radius 3 is 1.86 bits per heavy atom. The highest BCUT2D eigenvalue weighted by Crippen LogP contribution is 2.42. The predicted molar refractivity (Wildman–Crippen MR) is 221 cm³/mol. The Kier molecular flexibility index (Phi) is 7.14. The van der Waals surface area contributed by atoms with Gasteiger partial charge < -0.3 is 4.90 Å². The molecule has 0 unspecified atom stereocenters. The Morgan fingerprint density at radius 2 is 1.02 bits per heavy atom. The van der Waals surface area contributed by atoms with Crippen molar-refractivity contribution in [2.45, 2.75) is 6.54 Å². The van der Waals surface area contributed by atoms with Gasteiger partial charge in [0.1, 0.15) is 0 Å². The van der Waals surface area contributed by atoms with Crippen LogP contribution < -0.4 is 4.90 Å². The van der Waals surface area contributed by atoms with Crippen LogP contribution in [0.25, 0.3) is 74.7 Å². The van der Waals surface area contributed by atoms with E-state index in [-0.39, 0.29) is 0 Å². The van der Waals surface area contributed by atoms with E-state index in [2.05, 4.69) is 193 Å². The molecule has 0 atom stereocenters. The molecule has 9 aromatic carbocycles. The fourth-order valence-electron chi connectivity index (χ4n) is 7.83. The SMILES string of the molecule is c1ccc(-c2ccccc2CN(c2ccc(-c3cc4ccccc4c4ccccc34)cc2)c2ccc3sc4c5ccccc5ccc4c3c2)cc1. The second-order valence-electron chi connectivity index (χ2n) is 13.3. The van der Waals surface area contributed by atoms with Gasteiger partial charge in [-0.05, 0) is 96.5 Å². The van der Waals surface area contributed by atoms with E-state index in [0.717, 1.165) is 12.2 Å². The first-order valence-electron chi connectivity index (χ1n) is 17.5. The van der Waals surface area contributed by atoms with Crippen LogP contribution >= 0.6 is 11.3 Å². The molecule has 0 saturated heterocycles. The minimum absolute atomic E-state index is 0.736. The van der Waals surface area contributed by atoms with E-state index in [4.69, 9.17) is 0 Å². The maximum Gasteiger partial charge on any atom is 0.0487 e. The number of fused-ring (bicyclic) bond motifs is 8. The van der Waals surface area contributed by atoms with E-state index in [9.17, 15) is 0 Å². The van der Waals surface area contributed by atoms with E-state index >= 15 is 0 Å². The van der Waals surface area contributed by atoms with Crippen molar-refractivity contribution in [1.82, 2.24) is 0 Å². The van der Waals surface area contributed by atoms with Crippen molar-refractivity contribution in [3.05, 3.63) is 194 Å². The molecular weight excluding hydrogens is 635 g/mol. The second kappa shape index (κ2) is 12.3. The standard InChI is InChI=1S/C49H33NS/c1-2-12-33(13-3-1)40-17-7-6-16-37(40)32-50(39-27-29-48-47(31-39)45-28-24-34-14-4-9-19-42(34)49(45)51-48)38-25-22-35(23-26-38)46-30-36-15-5-8-18-41(36)43-20-10-11-21-44(43)46/h1-31H,32H2. The van der Waals surface area contributed by atoms with Crippen LogP contribution in [-0.4, -0.2) is 0 Å². The van der Waals surface area contributed by atoms with Crippen molar-refractivity contribution in [2.75, 3.05) is 4.90 Å². The third-order valence-corrected chi connectivity index (χ3v) is 11.6. The number of nitrogens with zero attached hydrogens (tertiary/aromatic N) is 1. The van der Waals surface area contributed by atoms with E-state index < -0.39 is 0 Å². The monoisotopic (exact) mass is 667 g/mol. The molecule has 0 radical (unpaired) electrons. The molecule has 0 N–H and O–H groups in total. The molecule has 1 heterocycles. The Labute approximate surface area is 301 Å². The zero-order valence-electron chi connectivity index (χ0n) is 28.0. The number of rotatable bonds is 6. The van der Waals surface area contributed by atoms with Gasteiger partial charge >= 0.3 is 0 Å². The maximum absolute atomic E-state index is 2.48. The highest BCUT2D eigenvalue weighted by atomic mass is 32.1. The average Bonchev–Trinajstić information content (AvgIpc) is 3.59. The van der Waals surface area contributed by atoms with Gasteiger partial charge in [-0.2, -0.15) is 0 Å². The Balaban J connectivity index is 1.12. The minimum atomic E-state index is 0.736. The molecule has 0 amide bonds. The van der Waals surface area contributed by atoms with Crippen molar-refractivity contribution in [3.63, 3.8) is 0 Å². The maximum atomic E-state index is 2.48. The molecule has 51 heavy (non-hydrogen) atoms. The van der Waals surface area contributed by atoms with Crippen LogP contribution in [0.15, 0.2) is 188 Å². The number of thiophene rings is 1. The third kappa shape index (κ3) is 5.15. The summed E-state index contributed by atoms with van der Waals surface area (Å²) in [4.78, 5) is 2.48. The number of hydrogen-bond acceptors (Lipinski definition) is 2. The van der Waals surface area contributed by atoms with Gasteiger partial charge in [0.2, 0.25) is 0 Å². The second-order valence-corrected chi connectivity index (χ2v) is 14.3. The fraction of sp³-hybridized carbons (Fsp3) is 0.0204. The smallest absolute Gasteiger partial charge is 0.0487 e. The molecule has 10 rings (SSSR count). The summed E-state index contributed by atoms with van der Waals surface area (Å²) in [5.74, 6) is 0. The fourth-order valence-corrected chi connectivity index (χ4v) is 9.05. The van der Waals surface area contributed by atoms with Crippen LogP contribution in [0, 0.1) is 0 Å². The summed E-state index contributed by atoms with van der Waals surface area (Å²) in [7, 11) is 0. The zero-order valence-corrected chi connectivity index (χ0v) is 28.8. The van der Waals surface area contributed by atoms with Crippen molar-refractivity contribution in [1.29, 1.82) is 0 Å². The van der Waals surface area contributed by atoms with Crippen molar-refractivity contribution in [2.24, 2.45) is 0 Å². The third-order valence-electron chi connectivity index (χ3n) is 10.3. The first-order chi connectivity index (χ1) is 25.3. The van der Waals surface area contributed by atoms with Gasteiger partial charge in [0.15, 0.2) is 0 Å². The molecule has 0 aliphatic carbocycles. The number of benzene rings is 9. The van der Waals surface area contributed by atoms with Crippen molar-refractivity contribution < 1.29 is 0 Å². The topological polar surface area (TPSA) is 3.24 Å². The Morgan fingerprint density at radius 1 is 0.373 bits per heavy atom. The molecule has 0 bridgehead atoms. The van der Waals surface area contributed by atoms with Gasteiger partial charge in [0.05, 0.1) is 0 Å². The van der Waals surface area contributed by atoms with Crippen LogP contribution in [0.2, 0.25) is 0 Å². The normalized spacial score (nSPS) is 11.6. The van der Waals surface area contributed by atoms with E-state index in [1.165, 1.54) is 86.0 Å². The first-order valence-corrected chi connectivity index (χ1v) is 18.4. The zero-order chi connectivity index (χ0) is 33.7. The van der Waals surface area contributed by atoms with Crippen LogP contribution in [0.4, 0.5) is 11.4 Å². The van der Waals surface area contributed by atoms with Crippen LogP contribution in [0.5, 0.6) is 0 Å². The molecule has 10 aromatic rings. The molecule has 1 nitrogen and oxygen atoms in total. The highest BCUT2D eigenvalue weighted by molar-refractivity contribution is 7.26. The molecular formula is C49H33NS. The predicted octanol–water partition coefficient (Wildman–Crippen LogP) is 14.2. The number of hydrogen-bond donors (Lipinski definition) is 0. The minimum Gasteiger partial charge on any atom is -0.337 e.